The van der Waals surface area contributed by atoms with Crippen molar-refractivity contribution in [2.45, 2.75) is 25.2 Å². The van der Waals surface area contributed by atoms with Crippen LogP contribution >= 0.6 is 0 Å². The van der Waals surface area contributed by atoms with Crippen LogP contribution in [0.4, 0.5) is 5.69 Å². The number of hydrogen-bond donors (Lipinski definition) is 1. The van der Waals surface area contributed by atoms with Gasteiger partial charge in [-0.1, -0.05) is 42.8 Å². The van der Waals surface area contributed by atoms with Crippen LogP contribution in [0.15, 0.2) is 88.9 Å². The molecule has 0 saturated carbocycles. The Kier molecular flexibility index (Phi) is 8.21. The first-order valence-corrected chi connectivity index (χ1v) is 12.0. The number of nitrogens with one attached hydrogen (secondary N) is 1. The Bertz CT molecular complexity index is 1180. The van der Waals surface area contributed by atoms with Gasteiger partial charge in [0.1, 0.15) is 12.3 Å². The van der Waals surface area contributed by atoms with Crippen LogP contribution in [0.5, 0.6) is 5.75 Å². The molecule has 0 heterocycles. The van der Waals surface area contributed by atoms with Gasteiger partial charge < -0.3 is 4.74 Å². The van der Waals surface area contributed by atoms with Crippen molar-refractivity contribution in [2.24, 2.45) is 5.10 Å². The Morgan fingerprint density at radius 3 is 2.30 bits per heavy atom. The Balaban J connectivity index is 1.72. The molecule has 3 aromatic rings. The van der Waals surface area contributed by atoms with E-state index < -0.39 is 22.5 Å². The molecule has 172 valence electrons. The summed E-state index contributed by atoms with van der Waals surface area (Å²) in [5.41, 5.74) is 4.51. The van der Waals surface area contributed by atoms with E-state index in [4.69, 9.17) is 4.74 Å². The minimum absolute atomic E-state index is 0.110. The molecule has 0 aromatic heterocycles. The van der Waals surface area contributed by atoms with Crippen molar-refractivity contribution in [3.63, 3.8) is 0 Å². The summed E-state index contributed by atoms with van der Waals surface area (Å²) in [5, 5.41) is 3.96. The van der Waals surface area contributed by atoms with Gasteiger partial charge in [0, 0.05) is 0 Å². The van der Waals surface area contributed by atoms with E-state index in [1.165, 1.54) is 18.3 Å². The van der Waals surface area contributed by atoms with Gasteiger partial charge in [-0.25, -0.2) is 13.8 Å². The third-order valence-corrected chi connectivity index (χ3v) is 6.48. The predicted octanol–water partition coefficient (Wildman–Crippen LogP) is 4.13. The quantitative estimate of drug-likeness (QED) is 0.360. The number of para-hydroxylation sites is 1. The van der Waals surface area contributed by atoms with E-state index in [9.17, 15) is 13.2 Å². The highest BCUT2D eigenvalue weighted by Gasteiger charge is 2.27. The standard InChI is InChI=1S/C25H27N3O4S/c1-3-17-32-23-13-11-21(12-14-23)18-26-27-25(29)19-28(22-7-5-4-6-8-22)33(30,31)24-15-9-20(2)10-16-24/h4-16,18H,3,17,19H2,1-2H3,(H,27,29)/b26-18+. The summed E-state index contributed by atoms with van der Waals surface area (Å²) >= 11 is 0. The number of aryl methyl sites for hydroxylation is 1. The highest BCUT2D eigenvalue weighted by Crippen LogP contribution is 2.23. The number of rotatable bonds is 10. The fourth-order valence-electron chi connectivity index (χ4n) is 2.96. The van der Waals surface area contributed by atoms with Crippen LogP contribution < -0.4 is 14.5 Å². The average molecular weight is 466 g/mol. The summed E-state index contributed by atoms with van der Waals surface area (Å²) in [6.07, 6.45) is 2.41. The van der Waals surface area contributed by atoms with Crippen molar-refractivity contribution < 1.29 is 17.9 Å². The zero-order valence-corrected chi connectivity index (χ0v) is 19.5. The lowest BCUT2D eigenvalue weighted by Crippen LogP contribution is -2.39. The molecule has 0 atom stereocenters. The summed E-state index contributed by atoms with van der Waals surface area (Å²) < 4.78 is 33.2. The zero-order valence-electron chi connectivity index (χ0n) is 18.6. The molecule has 3 aromatic carbocycles. The van der Waals surface area contributed by atoms with Gasteiger partial charge in [0.15, 0.2) is 0 Å². The number of benzene rings is 3. The van der Waals surface area contributed by atoms with Crippen LogP contribution in [0.1, 0.15) is 24.5 Å². The number of carbonyl (C=O) groups is 1. The van der Waals surface area contributed by atoms with E-state index >= 15 is 0 Å². The van der Waals surface area contributed by atoms with Crippen LogP contribution in [-0.4, -0.2) is 33.7 Å². The smallest absolute Gasteiger partial charge is 0.264 e. The highest BCUT2D eigenvalue weighted by molar-refractivity contribution is 7.92. The molecule has 33 heavy (non-hydrogen) atoms. The van der Waals surface area contributed by atoms with Gasteiger partial charge in [0.25, 0.3) is 15.9 Å². The van der Waals surface area contributed by atoms with Gasteiger partial charge >= 0.3 is 0 Å². The van der Waals surface area contributed by atoms with E-state index in [-0.39, 0.29) is 4.90 Å². The topological polar surface area (TPSA) is 88.1 Å². The Morgan fingerprint density at radius 1 is 1.00 bits per heavy atom. The van der Waals surface area contributed by atoms with Gasteiger partial charge in [0.05, 0.1) is 23.4 Å². The van der Waals surface area contributed by atoms with Crippen LogP contribution in [0.2, 0.25) is 0 Å². The number of hydrazone groups is 1. The molecule has 1 amide bonds. The van der Waals surface area contributed by atoms with Crippen LogP contribution in [-0.2, 0) is 14.8 Å². The second-order valence-electron chi connectivity index (χ2n) is 7.37. The minimum atomic E-state index is -3.95. The van der Waals surface area contributed by atoms with Crippen LogP contribution in [0.3, 0.4) is 0 Å². The highest BCUT2D eigenvalue weighted by atomic mass is 32.2. The Labute approximate surface area is 194 Å². The molecular formula is C25H27N3O4S. The summed E-state index contributed by atoms with van der Waals surface area (Å²) in [7, 11) is -3.95. The normalized spacial score (nSPS) is 11.3. The zero-order chi connectivity index (χ0) is 23.7. The first kappa shape index (κ1) is 24.0. The maximum atomic E-state index is 13.3. The first-order valence-electron chi connectivity index (χ1n) is 10.6. The van der Waals surface area contributed by atoms with Crippen molar-refractivity contribution >= 4 is 27.8 Å². The van der Waals surface area contributed by atoms with Crippen molar-refractivity contribution in [2.75, 3.05) is 17.5 Å². The van der Waals surface area contributed by atoms with Gasteiger partial charge in [-0.2, -0.15) is 5.10 Å². The van der Waals surface area contributed by atoms with Gasteiger partial charge in [-0.15, -0.1) is 0 Å². The maximum absolute atomic E-state index is 13.3. The fraction of sp³-hybridized carbons (Fsp3) is 0.200. The third-order valence-electron chi connectivity index (χ3n) is 4.70. The molecule has 3 rings (SSSR count). The molecule has 7 nitrogen and oxygen atoms in total. The lowest BCUT2D eigenvalue weighted by molar-refractivity contribution is -0.119. The van der Waals surface area contributed by atoms with E-state index in [2.05, 4.69) is 10.5 Å². The number of hydrogen-bond acceptors (Lipinski definition) is 5. The molecule has 0 aliphatic heterocycles. The van der Waals surface area contributed by atoms with Crippen molar-refractivity contribution in [1.29, 1.82) is 0 Å². The molecule has 0 saturated heterocycles. The lowest BCUT2D eigenvalue weighted by Gasteiger charge is -2.23. The maximum Gasteiger partial charge on any atom is 0.264 e. The third kappa shape index (κ3) is 6.66. The number of ether oxygens (including phenoxy) is 1. The number of carbonyl (C=O) groups excluding carboxylic acids is 1. The molecular weight excluding hydrogens is 438 g/mol. The van der Waals surface area contributed by atoms with Crippen molar-refractivity contribution in [3.8, 4) is 5.75 Å². The molecule has 0 bridgehead atoms. The lowest BCUT2D eigenvalue weighted by atomic mass is 10.2. The molecule has 0 unspecified atom stereocenters. The molecule has 0 aliphatic carbocycles. The van der Waals surface area contributed by atoms with Crippen molar-refractivity contribution in [3.05, 3.63) is 90.0 Å². The van der Waals surface area contributed by atoms with Crippen LogP contribution in [0.25, 0.3) is 0 Å². The second-order valence-corrected chi connectivity index (χ2v) is 9.23. The SMILES string of the molecule is CCCOc1ccc(/C=N/NC(=O)CN(c2ccccc2)S(=O)(=O)c2ccc(C)cc2)cc1. The number of amides is 1. The number of anilines is 1. The second kappa shape index (κ2) is 11.3. The molecule has 1 N–H and O–H groups in total. The van der Waals surface area contributed by atoms with E-state index in [1.54, 1.807) is 42.5 Å². The van der Waals surface area contributed by atoms with Gasteiger partial charge in [-0.3, -0.25) is 9.10 Å². The van der Waals surface area contributed by atoms with E-state index in [0.717, 1.165) is 27.6 Å². The fourth-order valence-corrected chi connectivity index (χ4v) is 4.38. The summed E-state index contributed by atoms with van der Waals surface area (Å²) in [5.74, 6) is 0.200. The van der Waals surface area contributed by atoms with Crippen molar-refractivity contribution in [1.82, 2.24) is 5.43 Å². The molecule has 0 radical (unpaired) electrons. The molecule has 0 fully saturated rings. The van der Waals surface area contributed by atoms with Crippen LogP contribution in [0, 0.1) is 6.92 Å². The first-order chi connectivity index (χ1) is 15.9. The summed E-state index contributed by atoms with van der Waals surface area (Å²) in [6, 6.07) is 22.3. The van der Waals surface area contributed by atoms with Gasteiger partial charge in [-0.05, 0) is 67.4 Å². The summed E-state index contributed by atoms with van der Waals surface area (Å²) in [6.45, 7) is 4.14. The minimum Gasteiger partial charge on any atom is -0.494 e. The summed E-state index contributed by atoms with van der Waals surface area (Å²) in [4.78, 5) is 12.7. The molecule has 0 spiro atoms. The largest absolute Gasteiger partial charge is 0.494 e. The number of sulfonamides is 1. The number of nitrogens with zero attached hydrogens (tertiary/aromatic N) is 2. The monoisotopic (exact) mass is 465 g/mol. The van der Waals surface area contributed by atoms with Gasteiger partial charge in [0.2, 0.25) is 0 Å². The Hall–Kier alpha value is -3.65. The average Bonchev–Trinajstić information content (AvgIpc) is 2.83. The molecule has 0 aliphatic rings. The predicted molar refractivity (Wildman–Crippen MR) is 130 cm³/mol. The van der Waals surface area contributed by atoms with E-state index in [0.29, 0.717) is 12.3 Å². The van der Waals surface area contributed by atoms with E-state index in [1.807, 2.05) is 38.1 Å². The Morgan fingerprint density at radius 2 is 1.67 bits per heavy atom. The molecule has 8 heteroatoms.